The third kappa shape index (κ3) is 4.42. The average Bonchev–Trinajstić information content (AvgIpc) is 2.79. The van der Waals surface area contributed by atoms with Gasteiger partial charge < -0.3 is 10.6 Å². The molecule has 0 aromatic carbocycles. The van der Waals surface area contributed by atoms with Gasteiger partial charge in [0.15, 0.2) is 11.8 Å². The zero-order chi connectivity index (χ0) is 14.5. The van der Waals surface area contributed by atoms with Crippen LogP contribution in [0.4, 0.5) is 0 Å². The first-order valence-electron chi connectivity index (χ1n) is 6.51. The van der Waals surface area contributed by atoms with Crippen molar-refractivity contribution >= 4 is 29.9 Å². The van der Waals surface area contributed by atoms with E-state index in [-0.39, 0.29) is 24.0 Å². The summed E-state index contributed by atoms with van der Waals surface area (Å²) < 4.78 is 1.85. The molecule has 114 valence electrons. The van der Waals surface area contributed by atoms with Gasteiger partial charge in [0.05, 0.1) is 5.69 Å². The highest BCUT2D eigenvalue weighted by atomic mass is 127. The molecule has 0 fully saturated rings. The number of pyridine rings is 1. The molecule has 0 atom stereocenters. The van der Waals surface area contributed by atoms with Gasteiger partial charge in [-0.3, -0.25) is 4.99 Å². The zero-order valence-corrected chi connectivity index (χ0v) is 15.0. The Hall–Kier alpha value is -1.64. The van der Waals surface area contributed by atoms with E-state index in [9.17, 15) is 0 Å². The lowest BCUT2D eigenvalue weighted by Crippen LogP contribution is -2.34. The van der Waals surface area contributed by atoms with Gasteiger partial charge in [-0.2, -0.15) is 5.10 Å². The van der Waals surface area contributed by atoms with Crippen molar-refractivity contribution in [2.75, 3.05) is 14.1 Å². The van der Waals surface area contributed by atoms with Gasteiger partial charge >= 0.3 is 0 Å². The van der Waals surface area contributed by atoms with Crippen LogP contribution in [0.1, 0.15) is 17.0 Å². The van der Waals surface area contributed by atoms with Crippen molar-refractivity contribution in [1.29, 1.82) is 0 Å². The van der Waals surface area contributed by atoms with E-state index in [0.717, 1.165) is 28.7 Å². The zero-order valence-electron chi connectivity index (χ0n) is 12.7. The fraction of sp³-hybridized carbons (Fsp3) is 0.357. The van der Waals surface area contributed by atoms with Crippen molar-refractivity contribution in [2.45, 2.75) is 20.4 Å². The minimum absolute atomic E-state index is 0. The minimum atomic E-state index is 0. The minimum Gasteiger partial charge on any atom is -0.359 e. The lowest BCUT2D eigenvalue weighted by Gasteiger charge is -2.09. The molecule has 0 spiro atoms. The molecule has 2 aromatic rings. The van der Waals surface area contributed by atoms with E-state index >= 15 is 0 Å². The van der Waals surface area contributed by atoms with Crippen molar-refractivity contribution in [1.82, 2.24) is 25.4 Å². The molecule has 7 heteroatoms. The molecule has 0 bridgehead atoms. The summed E-state index contributed by atoms with van der Waals surface area (Å²) in [6, 6.07) is 6.04. The molecule has 2 N–H and O–H groups in total. The van der Waals surface area contributed by atoms with Crippen LogP contribution in [0, 0.1) is 13.8 Å². The van der Waals surface area contributed by atoms with Gasteiger partial charge in [0.2, 0.25) is 0 Å². The van der Waals surface area contributed by atoms with Gasteiger partial charge in [-0.15, -0.1) is 24.0 Å². The second kappa shape index (κ2) is 7.96. The van der Waals surface area contributed by atoms with Crippen molar-refractivity contribution in [3.8, 4) is 5.82 Å². The lowest BCUT2D eigenvalue weighted by atomic mass is 10.3. The molecule has 2 rings (SSSR count). The Balaban J connectivity index is 0.00000220. The lowest BCUT2D eigenvalue weighted by molar-refractivity contribution is 0.798. The van der Waals surface area contributed by atoms with Crippen LogP contribution in [-0.4, -0.2) is 34.8 Å². The Morgan fingerprint density at radius 2 is 2.10 bits per heavy atom. The maximum Gasteiger partial charge on any atom is 0.190 e. The number of nitrogens with one attached hydrogen (secondary N) is 2. The standard InChI is InChI=1S/C14H20N6.HI/c1-10-7-11(2)20(19-10)13-6-5-12(8-17-13)9-18-14(15-3)16-4;/h5-8H,9H2,1-4H3,(H2,15,16,18);1H. The maximum absolute atomic E-state index is 4.45. The Bertz CT molecular complexity index is 602. The Morgan fingerprint density at radius 3 is 2.57 bits per heavy atom. The summed E-state index contributed by atoms with van der Waals surface area (Å²) in [5, 5.41) is 10.6. The number of hydrogen-bond acceptors (Lipinski definition) is 3. The van der Waals surface area contributed by atoms with Gasteiger partial charge in [-0.25, -0.2) is 9.67 Å². The first-order chi connectivity index (χ1) is 9.63. The molecule has 2 aromatic heterocycles. The highest BCUT2D eigenvalue weighted by molar-refractivity contribution is 14.0. The van der Waals surface area contributed by atoms with Gasteiger partial charge in [0.1, 0.15) is 0 Å². The van der Waals surface area contributed by atoms with Crippen LogP contribution < -0.4 is 10.6 Å². The van der Waals surface area contributed by atoms with Crippen molar-refractivity contribution < 1.29 is 0 Å². The number of rotatable bonds is 3. The van der Waals surface area contributed by atoms with E-state index in [1.165, 1.54) is 0 Å². The smallest absolute Gasteiger partial charge is 0.190 e. The topological polar surface area (TPSA) is 67.1 Å². The first-order valence-corrected chi connectivity index (χ1v) is 6.51. The summed E-state index contributed by atoms with van der Waals surface area (Å²) in [6.07, 6.45) is 1.85. The third-order valence-corrected chi connectivity index (χ3v) is 2.96. The van der Waals surface area contributed by atoms with E-state index in [1.54, 1.807) is 7.05 Å². The molecule has 0 unspecified atom stereocenters. The second-order valence-corrected chi connectivity index (χ2v) is 4.54. The molecule has 0 saturated carbocycles. The van der Waals surface area contributed by atoms with E-state index < -0.39 is 0 Å². The molecule has 0 aliphatic heterocycles. The van der Waals surface area contributed by atoms with Crippen LogP contribution in [0.5, 0.6) is 0 Å². The van der Waals surface area contributed by atoms with Crippen LogP contribution in [0.2, 0.25) is 0 Å². The monoisotopic (exact) mass is 400 g/mol. The SMILES string of the molecule is CN=C(NC)NCc1ccc(-n2nc(C)cc2C)nc1.I. The molecule has 21 heavy (non-hydrogen) atoms. The van der Waals surface area contributed by atoms with Gasteiger partial charge in [0, 0.05) is 32.5 Å². The normalized spacial score (nSPS) is 11.0. The Labute approximate surface area is 142 Å². The molecule has 0 radical (unpaired) electrons. The van der Waals surface area contributed by atoms with Crippen molar-refractivity contribution in [3.63, 3.8) is 0 Å². The average molecular weight is 400 g/mol. The predicted octanol–water partition coefficient (Wildman–Crippen LogP) is 1.80. The Kier molecular flexibility index (Phi) is 6.60. The highest BCUT2D eigenvalue weighted by Gasteiger charge is 2.05. The fourth-order valence-corrected chi connectivity index (χ4v) is 1.97. The molecule has 0 amide bonds. The van der Waals surface area contributed by atoms with Crippen LogP contribution in [0.25, 0.3) is 5.82 Å². The quantitative estimate of drug-likeness (QED) is 0.469. The van der Waals surface area contributed by atoms with Gasteiger partial charge in [0.25, 0.3) is 0 Å². The number of aryl methyl sites for hydroxylation is 2. The summed E-state index contributed by atoms with van der Waals surface area (Å²) in [5.74, 6) is 1.59. The Morgan fingerprint density at radius 1 is 1.33 bits per heavy atom. The summed E-state index contributed by atoms with van der Waals surface area (Å²) in [4.78, 5) is 8.51. The number of hydrogen-bond donors (Lipinski definition) is 2. The van der Waals surface area contributed by atoms with Gasteiger partial charge in [-0.1, -0.05) is 6.07 Å². The number of aliphatic imine (C=N–C) groups is 1. The van der Waals surface area contributed by atoms with E-state index in [2.05, 4.69) is 25.7 Å². The van der Waals surface area contributed by atoms with Crippen LogP contribution in [0.15, 0.2) is 29.4 Å². The summed E-state index contributed by atoms with van der Waals surface area (Å²) in [6.45, 7) is 4.68. The van der Waals surface area contributed by atoms with Gasteiger partial charge in [-0.05, 0) is 31.5 Å². The molecular formula is C14H21IN6. The summed E-state index contributed by atoms with van der Waals surface area (Å²) >= 11 is 0. The van der Waals surface area contributed by atoms with E-state index in [4.69, 9.17) is 0 Å². The first kappa shape index (κ1) is 17.4. The fourth-order valence-electron chi connectivity index (χ4n) is 1.97. The molecular weight excluding hydrogens is 379 g/mol. The largest absolute Gasteiger partial charge is 0.359 e. The van der Waals surface area contributed by atoms with E-state index in [0.29, 0.717) is 6.54 Å². The maximum atomic E-state index is 4.45. The third-order valence-electron chi connectivity index (χ3n) is 2.96. The second-order valence-electron chi connectivity index (χ2n) is 4.54. The number of guanidine groups is 1. The van der Waals surface area contributed by atoms with Crippen molar-refractivity contribution in [2.24, 2.45) is 4.99 Å². The molecule has 0 aliphatic rings. The summed E-state index contributed by atoms with van der Waals surface area (Å²) in [7, 11) is 3.57. The highest BCUT2D eigenvalue weighted by Crippen LogP contribution is 2.10. The predicted molar refractivity (Wildman–Crippen MR) is 95.5 cm³/mol. The number of halogens is 1. The van der Waals surface area contributed by atoms with Crippen LogP contribution in [-0.2, 0) is 6.54 Å². The molecule has 0 saturated heterocycles. The van der Waals surface area contributed by atoms with E-state index in [1.807, 2.05) is 50.0 Å². The number of nitrogens with zero attached hydrogens (tertiary/aromatic N) is 4. The molecule has 6 nitrogen and oxygen atoms in total. The molecule has 0 aliphatic carbocycles. The van der Waals surface area contributed by atoms with Crippen LogP contribution in [0.3, 0.4) is 0 Å². The number of aromatic nitrogens is 3. The van der Waals surface area contributed by atoms with Crippen molar-refractivity contribution in [3.05, 3.63) is 41.3 Å². The molecule has 2 heterocycles. The summed E-state index contributed by atoms with van der Waals surface area (Å²) in [5.41, 5.74) is 3.16. The van der Waals surface area contributed by atoms with Crippen LogP contribution >= 0.6 is 24.0 Å².